The Bertz CT molecular complexity index is 450. The zero-order valence-electron chi connectivity index (χ0n) is 7.41. The molecule has 0 aliphatic carbocycles. The van der Waals surface area contributed by atoms with E-state index < -0.39 is 0 Å². The molecule has 0 unspecified atom stereocenters. The summed E-state index contributed by atoms with van der Waals surface area (Å²) in [6.07, 6.45) is 1.82. The molecule has 0 N–H and O–H groups in total. The first-order valence-corrected chi connectivity index (χ1v) is 4.67. The van der Waals surface area contributed by atoms with Crippen LogP contribution in [0.1, 0.15) is 0 Å². The predicted octanol–water partition coefficient (Wildman–Crippen LogP) is 2.34. The van der Waals surface area contributed by atoms with Crippen molar-refractivity contribution in [1.29, 1.82) is 0 Å². The van der Waals surface area contributed by atoms with Gasteiger partial charge in [0.1, 0.15) is 5.75 Å². The third-order valence-corrected chi connectivity index (χ3v) is 2.60. The van der Waals surface area contributed by atoms with Crippen LogP contribution in [0.3, 0.4) is 0 Å². The maximum atomic E-state index is 5.15. The summed E-state index contributed by atoms with van der Waals surface area (Å²) < 4.78 is 7.98. The zero-order valence-corrected chi connectivity index (χ0v) is 9.00. The molecule has 68 valence electrons. The summed E-state index contributed by atoms with van der Waals surface area (Å²) in [5.74, 6) is 0.840. The van der Waals surface area contributed by atoms with E-state index in [9.17, 15) is 0 Å². The zero-order chi connectivity index (χ0) is 9.42. The molecule has 0 atom stereocenters. The lowest BCUT2D eigenvalue weighted by molar-refractivity contribution is 0.415. The van der Waals surface area contributed by atoms with E-state index in [0.29, 0.717) is 0 Å². The van der Waals surface area contributed by atoms with E-state index >= 15 is 0 Å². The Balaban J connectivity index is 2.79. The van der Waals surface area contributed by atoms with E-state index in [1.165, 1.54) is 0 Å². The van der Waals surface area contributed by atoms with Crippen molar-refractivity contribution in [2.24, 2.45) is 7.05 Å². The quantitative estimate of drug-likeness (QED) is 0.766. The molecule has 0 fully saturated rings. The van der Waals surface area contributed by atoms with Crippen molar-refractivity contribution in [2.45, 2.75) is 0 Å². The fourth-order valence-corrected chi connectivity index (χ4v) is 2.07. The van der Waals surface area contributed by atoms with Crippen LogP contribution in [-0.2, 0) is 7.05 Å². The van der Waals surface area contributed by atoms with Crippen LogP contribution in [0, 0.1) is 0 Å². The van der Waals surface area contributed by atoms with Crippen molar-refractivity contribution in [3.05, 3.63) is 22.8 Å². The molecule has 13 heavy (non-hydrogen) atoms. The third kappa shape index (κ3) is 1.31. The van der Waals surface area contributed by atoms with Gasteiger partial charge in [0, 0.05) is 16.9 Å². The molecule has 1 aromatic carbocycles. The highest BCUT2D eigenvalue weighted by molar-refractivity contribution is 9.10. The number of hydrogen-bond acceptors (Lipinski definition) is 2. The van der Waals surface area contributed by atoms with E-state index in [1.807, 2.05) is 30.1 Å². The molecule has 0 saturated carbocycles. The predicted molar refractivity (Wildman–Crippen MR) is 55.0 cm³/mol. The van der Waals surface area contributed by atoms with Gasteiger partial charge in [0.05, 0.1) is 18.8 Å². The lowest BCUT2D eigenvalue weighted by Gasteiger charge is -2.02. The molecule has 0 aliphatic heterocycles. The van der Waals surface area contributed by atoms with Gasteiger partial charge in [0.2, 0.25) is 0 Å². The third-order valence-electron chi connectivity index (χ3n) is 2.00. The lowest BCUT2D eigenvalue weighted by Crippen LogP contribution is -1.90. The fourth-order valence-electron chi connectivity index (χ4n) is 1.36. The minimum Gasteiger partial charge on any atom is -0.497 e. The maximum Gasteiger partial charge on any atom is 0.120 e. The molecule has 2 rings (SSSR count). The number of aryl methyl sites for hydroxylation is 1. The topological polar surface area (TPSA) is 27.1 Å². The average molecular weight is 241 g/mol. The van der Waals surface area contributed by atoms with Gasteiger partial charge in [0.15, 0.2) is 0 Å². The van der Waals surface area contributed by atoms with Crippen LogP contribution in [0.5, 0.6) is 5.75 Å². The van der Waals surface area contributed by atoms with Crippen LogP contribution in [0.2, 0.25) is 0 Å². The number of fused-ring (bicyclic) bond motifs is 1. The van der Waals surface area contributed by atoms with Gasteiger partial charge in [-0.25, -0.2) is 0 Å². The smallest absolute Gasteiger partial charge is 0.120 e. The normalized spacial score (nSPS) is 10.7. The summed E-state index contributed by atoms with van der Waals surface area (Å²) in [6, 6.07) is 3.90. The molecule has 1 aromatic heterocycles. The molecule has 0 bridgehead atoms. The highest BCUT2D eigenvalue weighted by Crippen LogP contribution is 2.28. The summed E-state index contributed by atoms with van der Waals surface area (Å²) in [5.41, 5.74) is 1.08. The van der Waals surface area contributed by atoms with Crippen molar-refractivity contribution in [3.63, 3.8) is 0 Å². The minimum absolute atomic E-state index is 0.840. The first kappa shape index (κ1) is 8.56. The molecule has 1 heterocycles. The fraction of sp³-hybridized carbons (Fsp3) is 0.222. The second kappa shape index (κ2) is 3.03. The summed E-state index contributed by atoms with van der Waals surface area (Å²) in [7, 11) is 3.57. The van der Waals surface area contributed by atoms with Crippen LogP contribution in [0.25, 0.3) is 10.9 Å². The second-order valence-electron chi connectivity index (χ2n) is 2.82. The van der Waals surface area contributed by atoms with Crippen molar-refractivity contribution >= 4 is 26.8 Å². The van der Waals surface area contributed by atoms with E-state index in [1.54, 1.807) is 7.11 Å². The van der Waals surface area contributed by atoms with Crippen molar-refractivity contribution in [2.75, 3.05) is 7.11 Å². The van der Waals surface area contributed by atoms with Gasteiger partial charge in [-0.3, -0.25) is 4.68 Å². The maximum absolute atomic E-state index is 5.15. The molecular weight excluding hydrogens is 232 g/mol. The number of halogens is 1. The lowest BCUT2D eigenvalue weighted by atomic mass is 10.2. The Labute approximate surface area is 84.4 Å². The summed E-state index contributed by atoms with van der Waals surface area (Å²) in [4.78, 5) is 0. The van der Waals surface area contributed by atoms with E-state index in [2.05, 4.69) is 21.0 Å². The molecule has 0 saturated heterocycles. The van der Waals surface area contributed by atoms with Gasteiger partial charge in [-0.05, 0) is 28.1 Å². The van der Waals surface area contributed by atoms with Crippen LogP contribution in [-0.4, -0.2) is 16.9 Å². The summed E-state index contributed by atoms with van der Waals surface area (Å²) in [6.45, 7) is 0. The van der Waals surface area contributed by atoms with Gasteiger partial charge in [-0.15, -0.1) is 0 Å². The number of nitrogens with zero attached hydrogens (tertiary/aromatic N) is 2. The molecule has 0 amide bonds. The Kier molecular flexibility index (Phi) is 2.00. The van der Waals surface area contributed by atoms with Gasteiger partial charge in [-0.1, -0.05) is 0 Å². The molecule has 0 spiro atoms. The SMILES string of the molecule is COc1cc(Br)c2c(cnn2C)c1. The number of rotatable bonds is 1. The van der Waals surface area contributed by atoms with Gasteiger partial charge in [-0.2, -0.15) is 5.10 Å². The van der Waals surface area contributed by atoms with Crippen LogP contribution >= 0.6 is 15.9 Å². The van der Waals surface area contributed by atoms with Crippen molar-refractivity contribution in [1.82, 2.24) is 9.78 Å². The van der Waals surface area contributed by atoms with Crippen LogP contribution in [0.4, 0.5) is 0 Å². The average Bonchev–Trinajstić information content (AvgIpc) is 2.48. The monoisotopic (exact) mass is 240 g/mol. The number of benzene rings is 1. The summed E-state index contributed by atoms with van der Waals surface area (Å²) >= 11 is 3.48. The Morgan fingerprint density at radius 1 is 1.46 bits per heavy atom. The van der Waals surface area contributed by atoms with Crippen molar-refractivity contribution < 1.29 is 4.74 Å². The molecule has 2 aromatic rings. The summed E-state index contributed by atoms with van der Waals surface area (Å²) in [5, 5.41) is 5.24. The number of methoxy groups -OCH3 is 1. The van der Waals surface area contributed by atoms with Crippen LogP contribution in [0.15, 0.2) is 22.8 Å². The molecule has 3 nitrogen and oxygen atoms in total. The first-order chi connectivity index (χ1) is 6.22. The van der Waals surface area contributed by atoms with E-state index in [0.717, 1.165) is 21.1 Å². The number of hydrogen-bond donors (Lipinski definition) is 0. The van der Waals surface area contributed by atoms with E-state index in [-0.39, 0.29) is 0 Å². The Morgan fingerprint density at radius 2 is 2.23 bits per heavy atom. The first-order valence-electron chi connectivity index (χ1n) is 3.87. The molecule has 0 aliphatic rings. The highest BCUT2D eigenvalue weighted by Gasteiger charge is 2.05. The molecule has 4 heteroatoms. The number of ether oxygens (including phenoxy) is 1. The van der Waals surface area contributed by atoms with Gasteiger partial charge in [0.25, 0.3) is 0 Å². The minimum atomic E-state index is 0.840. The van der Waals surface area contributed by atoms with Gasteiger partial charge < -0.3 is 4.74 Å². The highest BCUT2D eigenvalue weighted by atomic mass is 79.9. The molecular formula is C9H9BrN2O. The van der Waals surface area contributed by atoms with Crippen LogP contribution < -0.4 is 4.74 Å². The standard InChI is InChI=1S/C9H9BrN2O/c1-12-9-6(5-11-12)3-7(13-2)4-8(9)10/h3-5H,1-2H3. The molecule has 0 radical (unpaired) electrons. The van der Waals surface area contributed by atoms with Crippen molar-refractivity contribution in [3.8, 4) is 5.75 Å². The second-order valence-corrected chi connectivity index (χ2v) is 3.67. The Morgan fingerprint density at radius 3 is 2.92 bits per heavy atom. The van der Waals surface area contributed by atoms with Gasteiger partial charge >= 0.3 is 0 Å². The number of aromatic nitrogens is 2. The largest absolute Gasteiger partial charge is 0.497 e. The van der Waals surface area contributed by atoms with E-state index in [4.69, 9.17) is 4.74 Å². The Hall–Kier alpha value is -1.03.